The number of rotatable bonds is 4. The topological polar surface area (TPSA) is 71.8 Å². The Morgan fingerprint density at radius 2 is 2.00 bits per heavy atom. The quantitative estimate of drug-likeness (QED) is 0.512. The number of fused-ring (bicyclic) bond motifs is 1. The van der Waals surface area contributed by atoms with Crippen molar-refractivity contribution in [2.45, 2.75) is 25.8 Å². The van der Waals surface area contributed by atoms with Gasteiger partial charge in [-0.1, -0.05) is 6.07 Å². The number of hydrogen-bond acceptors (Lipinski definition) is 4. The number of anilines is 1. The highest BCUT2D eigenvalue weighted by atomic mass is 19.1. The van der Waals surface area contributed by atoms with Gasteiger partial charge in [0.15, 0.2) is 0 Å². The Morgan fingerprint density at radius 1 is 1.21 bits per heavy atom. The zero-order chi connectivity index (χ0) is 20.4. The van der Waals surface area contributed by atoms with E-state index in [0.717, 1.165) is 34.9 Å². The second kappa shape index (κ2) is 7.78. The highest BCUT2D eigenvalue weighted by molar-refractivity contribution is 5.97. The first-order valence-corrected chi connectivity index (χ1v) is 9.93. The van der Waals surface area contributed by atoms with E-state index in [0.29, 0.717) is 25.2 Å². The highest BCUT2D eigenvalue weighted by Crippen LogP contribution is 2.33. The number of likely N-dealkylation sites (tertiary alicyclic amines) is 1. The number of piperidine rings is 1. The summed E-state index contributed by atoms with van der Waals surface area (Å²) >= 11 is 0. The number of nitrogens with one attached hydrogen (secondary N) is 1. The van der Waals surface area contributed by atoms with Crippen molar-refractivity contribution in [2.24, 2.45) is 0 Å². The van der Waals surface area contributed by atoms with Gasteiger partial charge in [-0.05, 0) is 53.8 Å². The zero-order valence-corrected chi connectivity index (χ0v) is 16.4. The van der Waals surface area contributed by atoms with Crippen LogP contribution in [0.4, 0.5) is 10.1 Å². The molecule has 5 nitrogen and oxygen atoms in total. The summed E-state index contributed by atoms with van der Waals surface area (Å²) in [5.74, 6) is -0.522. The largest absolute Gasteiger partial charge is 0.633 e. The third-order valence-electron chi connectivity index (χ3n) is 5.88. The summed E-state index contributed by atoms with van der Waals surface area (Å²) in [5, 5.41) is 27.0. The van der Waals surface area contributed by atoms with Crippen molar-refractivity contribution in [1.82, 2.24) is 4.98 Å². The molecule has 1 N–H and O–H groups in total. The molecular formula is C23H23FN4O. The van der Waals surface area contributed by atoms with Gasteiger partial charge in [-0.25, -0.2) is 4.39 Å². The maximum absolute atomic E-state index is 14.2. The lowest BCUT2D eigenvalue weighted by Gasteiger charge is -2.47. The minimum Gasteiger partial charge on any atom is -0.633 e. The maximum atomic E-state index is 14.2. The van der Waals surface area contributed by atoms with Crippen molar-refractivity contribution >= 4 is 16.5 Å². The van der Waals surface area contributed by atoms with Gasteiger partial charge in [-0.3, -0.25) is 4.98 Å². The van der Waals surface area contributed by atoms with Crippen molar-refractivity contribution in [3.63, 3.8) is 0 Å². The van der Waals surface area contributed by atoms with Gasteiger partial charge in [0, 0.05) is 42.4 Å². The van der Waals surface area contributed by atoms with Crippen LogP contribution in [-0.4, -0.2) is 35.3 Å². The lowest BCUT2D eigenvalue weighted by atomic mass is 9.98. The standard InChI is InChI=1S/C23H23FN4O/c1-2-28(29)9-6-20(7-10-28)27-23-13-19(11-17-5-8-26-15-21(17)23)16-3-4-18(14-25)22(24)12-16/h3-5,8,11-13,15,20,27H,2,6-7,9-10H2,1H3. The summed E-state index contributed by atoms with van der Waals surface area (Å²) < 4.78 is 14.0. The van der Waals surface area contributed by atoms with E-state index >= 15 is 0 Å². The van der Waals surface area contributed by atoms with Gasteiger partial charge in [0.2, 0.25) is 0 Å². The van der Waals surface area contributed by atoms with Crippen LogP contribution in [0.1, 0.15) is 25.3 Å². The van der Waals surface area contributed by atoms with Crippen LogP contribution in [0.15, 0.2) is 48.8 Å². The Bertz CT molecular complexity index is 1080. The second-order valence-corrected chi connectivity index (χ2v) is 7.67. The van der Waals surface area contributed by atoms with Crippen molar-refractivity contribution < 1.29 is 9.04 Å². The molecule has 4 rings (SSSR count). The number of aromatic nitrogens is 1. The van der Waals surface area contributed by atoms with E-state index in [2.05, 4.69) is 10.3 Å². The average molecular weight is 390 g/mol. The van der Waals surface area contributed by atoms with Gasteiger partial charge in [-0.15, -0.1) is 0 Å². The van der Waals surface area contributed by atoms with Crippen LogP contribution in [0.5, 0.6) is 0 Å². The predicted molar refractivity (Wildman–Crippen MR) is 112 cm³/mol. The molecule has 148 valence electrons. The lowest BCUT2D eigenvalue weighted by molar-refractivity contribution is -0.883. The molecule has 2 heterocycles. The molecule has 1 aromatic heterocycles. The molecular weight excluding hydrogens is 367 g/mol. The van der Waals surface area contributed by atoms with E-state index in [1.807, 2.05) is 37.4 Å². The molecule has 6 heteroatoms. The third-order valence-corrected chi connectivity index (χ3v) is 5.88. The van der Waals surface area contributed by atoms with Gasteiger partial charge < -0.3 is 15.2 Å². The minimum absolute atomic E-state index is 0.0365. The van der Waals surface area contributed by atoms with E-state index in [9.17, 15) is 9.60 Å². The SMILES string of the molecule is CC[N+]1([O-])CCC(Nc2cc(-c3ccc(C#N)c(F)c3)cc3ccncc23)CC1. The Morgan fingerprint density at radius 3 is 2.69 bits per heavy atom. The van der Waals surface area contributed by atoms with Crippen LogP contribution < -0.4 is 5.32 Å². The third kappa shape index (κ3) is 3.93. The van der Waals surface area contributed by atoms with E-state index in [4.69, 9.17) is 5.26 Å². The van der Waals surface area contributed by atoms with Crippen LogP contribution in [0.2, 0.25) is 0 Å². The molecule has 0 amide bonds. The van der Waals surface area contributed by atoms with Crippen LogP contribution in [0.3, 0.4) is 0 Å². The normalized spacial score (nSPS) is 21.7. The molecule has 0 atom stereocenters. The molecule has 1 aliphatic rings. The van der Waals surface area contributed by atoms with E-state index in [-0.39, 0.29) is 16.3 Å². The van der Waals surface area contributed by atoms with Gasteiger partial charge in [0.1, 0.15) is 11.9 Å². The molecule has 3 aromatic rings. The molecule has 0 bridgehead atoms. The molecule has 1 aliphatic heterocycles. The van der Waals surface area contributed by atoms with Gasteiger partial charge >= 0.3 is 0 Å². The highest BCUT2D eigenvalue weighted by Gasteiger charge is 2.26. The molecule has 29 heavy (non-hydrogen) atoms. The smallest absolute Gasteiger partial charge is 0.141 e. The molecule has 1 fully saturated rings. The summed E-state index contributed by atoms with van der Waals surface area (Å²) in [6.45, 7) is 3.79. The van der Waals surface area contributed by atoms with Crippen molar-refractivity contribution in [1.29, 1.82) is 5.26 Å². The number of benzene rings is 2. The summed E-state index contributed by atoms with van der Waals surface area (Å²) in [7, 11) is 0. The fraction of sp³-hybridized carbons (Fsp3) is 0.304. The Hall–Kier alpha value is -3.01. The summed E-state index contributed by atoms with van der Waals surface area (Å²) in [5.41, 5.74) is 2.55. The number of nitriles is 1. The average Bonchev–Trinajstić information content (AvgIpc) is 2.75. The molecule has 0 unspecified atom stereocenters. The van der Waals surface area contributed by atoms with Crippen LogP contribution in [0.25, 0.3) is 21.9 Å². The summed E-state index contributed by atoms with van der Waals surface area (Å²) in [6, 6.07) is 12.7. The number of hydroxylamine groups is 3. The summed E-state index contributed by atoms with van der Waals surface area (Å²) in [6.07, 6.45) is 5.19. The fourth-order valence-corrected chi connectivity index (χ4v) is 3.99. The lowest BCUT2D eigenvalue weighted by Crippen LogP contribution is -2.50. The molecule has 0 spiro atoms. The van der Waals surface area contributed by atoms with E-state index in [1.165, 1.54) is 12.1 Å². The van der Waals surface area contributed by atoms with Gasteiger partial charge in [0.25, 0.3) is 0 Å². The van der Waals surface area contributed by atoms with Crippen molar-refractivity contribution in [3.8, 4) is 17.2 Å². The zero-order valence-electron chi connectivity index (χ0n) is 16.4. The van der Waals surface area contributed by atoms with Crippen molar-refractivity contribution in [3.05, 3.63) is 65.4 Å². The molecule has 0 saturated carbocycles. The molecule has 2 aromatic carbocycles. The summed E-state index contributed by atoms with van der Waals surface area (Å²) in [4.78, 5) is 4.25. The number of halogens is 1. The number of pyridine rings is 1. The predicted octanol–water partition coefficient (Wildman–Crippen LogP) is 4.82. The van der Waals surface area contributed by atoms with Crippen LogP contribution in [0, 0.1) is 22.4 Å². The van der Waals surface area contributed by atoms with Crippen LogP contribution in [-0.2, 0) is 0 Å². The first-order chi connectivity index (χ1) is 14.0. The fourth-order valence-electron chi connectivity index (χ4n) is 3.99. The number of hydrogen-bond donors (Lipinski definition) is 1. The van der Waals surface area contributed by atoms with E-state index < -0.39 is 5.82 Å². The first-order valence-electron chi connectivity index (χ1n) is 9.93. The van der Waals surface area contributed by atoms with Crippen molar-refractivity contribution in [2.75, 3.05) is 25.0 Å². The Balaban J connectivity index is 1.69. The van der Waals surface area contributed by atoms with Gasteiger partial charge in [0.05, 0.1) is 25.2 Å². The maximum Gasteiger partial charge on any atom is 0.141 e. The minimum atomic E-state index is -0.522. The van der Waals surface area contributed by atoms with E-state index in [1.54, 1.807) is 12.3 Å². The first kappa shape index (κ1) is 19.3. The molecule has 0 aliphatic carbocycles. The number of nitrogens with zero attached hydrogens (tertiary/aromatic N) is 3. The monoisotopic (exact) mass is 390 g/mol. The molecule has 0 radical (unpaired) electrons. The second-order valence-electron chi connectivity index (χ2n) is 7.67. The Kier molecular flexibility index (Phi) is 5.18. The number of quaternary nitrogens is 1. The van der Waals surface area contributed by atoms with Crippen LogP contribution >= 0.6 is 0 Å². The molecule has 1 saturated heterocycles. The Labute approximate surface area is 169 Å². The van der Waals surface area contributed by atoms with Gasteiger partial charge in [-0.2, -0.15) is 5.26 Å².